The Morgan fingerprint density at radius 2 is 2.15 bits per heavy atom. The highest BCUT2D eigenvalue weighted by molar-refractivity contribution is 7.12. The van der Waals surface area contributed by atoms with Crippen LogP contribution in [0.1, 0.15) is 15.2 Å². The summed E-state index contributed by atoms with van der Waals surface area (Å²) in [6, 6.07) is 8.95. The fourth-order valence-electron chi connectivity index (χ4n) is 2.06. The number of para-hydroxylation sites is 2. The number of nitrogens with one attached hydrogen (secondary N) is 1. The van der Waals surface area contributed by atoms with E-state index in [1.165, 1.54) is 15.9 Å². The van der Waals surface area contributed by atoms with Crippen LogP contribution in [-0.2, 0) is 6.54 Å². The van der Waals surface area contributed by atoms with E-state index in [0.29, 0.717) is 16.0 Å². The van der Waals surface area contributed by atoms with Crippen LogP contribution < -0.4 is 17.0 Å². The molecule has 3 aromatic rings. The number of benzene rings is 1. The van der Waals surface area contributed by atoms with Gasteiger partial charge in [-0.3, -0.25) is 14.8 Å². The van der Waals surface area contributed by atoms with E-state index in [2.05, 4.69) is 5.43 Å². The monoisotopic (exact) mass is 289 g/mol. The topological polar surface area (TPSA) is 90.3 Å². The van der Waals surface area contributed by atoms with E-state index < -0.39 is 5.76 Å². The number of oxazole rings is 1. The zero-order chi connectivity index (χ0) is 14.1. The second-order valence-corrected chi connectivity index (χ2v) is 5.09. The number of thiophene rings is 1. The third-order valence-electron chi connectivity index (χ3n) is 2.99. The smallest absolute Gasteiger partial charge is 0.408 e. The van der Waals surface area contributed by atoms with Crippen molar-refractivity contribution in [3.63, 3.8) is 0 Å². The van der Waals surface area contributed by atoms with Crippen LogP contribution in [0.2, 0.25) is 0 Å². The highest BCUT2D eigenvalue weighted by atomic mass is 32.1. The Balaban J connectivity index is 2.06. The number of nitrogens with two attached hydrogens (primary N) is 1. The van der Waals surface area contributed by atoms with Crippen LogP contribution in [0, 0.1) is 0 Å². The summed E-state index contributed by atoms with van der Waals surface area (Å²) in [6.45, 7) is 0.266. The van der Waals surface area contributed by atoms with Crippen molar-refractivity contribution in [2.75, 3.05) is 0 Å². The number of hydrazine groups is 1. The van der Waals surface area contributed by atoms with Gasteiger partial charge in [-0.05, 0) is 29.1 Å². The van der Waals surface area contributed by atoms with E-state index in [1.807, 2.05) is 6.07 Å². The van der Waals surface area contributed by atoms with Crippen molar-refractivity contribution in [1.29, 1.82) is 0 Å². The van der Waals surface area contributed by atoms with Crippen LogP contribution >= 0.6 is 11.3 Å². The molecule has 0 saturated heterocycles. The Hall–Kier alpha value is -2.38. The van der Waals surface area contributed by atoms with Gasteiger partial charge >= 0.3 is 5.76 Å². The summed E-state index contributed by atoms with van der Waals surface area (Å²) in [5.41, 5.74) is 4.05. The van der Waals surface area contributed by atoms with Gasteiger partial charge in [-0.2, -0.15) is 0 Å². The minimum absolute atomic E-state index is 0.266. The number of carbonyl (C=O) groups is 1. The summed E-state index contributed by atoms with van der Waals surface area (Å²) >= 11 is 1.28. The fourth-order valence-corrected chi connectivity index (χ4v) is 2.88. The molecule has 0 aliphatic carbocycles. The van der Waals surface area contributed by atoms with Gasteiger partial charge < -0.3 is 4.42 Å². The molecule has 0 radical (unpaired) electrons. The average Bonchev–Trinajstić information content (AvgIpc) is 3.04. The van der Waals surface area contributed by atoms with Crippen LogP contribution in [0.4, 0.5) is 0 Å². The maximum atomic E-state index is 11.9. The van der Waals surface area contributed by atoms with Gasteiger partial charge in [-0.25, -0.2) is 10.6 Å². The summed E-state index contributed by atoms with van der Waals surface area (Å²) in [5.74, 6) is 4.33. The molecule has 20 heavy (non-hydrogen) atoms. The summed E-state index contributed by atoms with van der Waals surface area (Å²) in [4.78, 5) is 24.0. The lowest BCUT2D eigenvalue weighted by atomic mass is 10.2. The molecule has 0 atom stereocenters. The van der Waals surface area contributed by atoms with Crippen LogP contribution in [0.3, 0.4) is 0 Å². The standard InChI is InChI=1S/C13H11N3O3S/c14-15-12(17)11-8(5-6-20-11)7-16-9-3-1-2-4-10(9)19-13(16)18/h1-6H,7,14H2,(H,15,17). The highest BCUT2D eigenvalue weighted by Crippen LogP contribution is 2.20. The first-order chi connectivity index (χ1) is 9.70. The number of hydrogen-bond donors (Lipinski definition) is 2. The minimum atomic E-state index is -0.448. The molecule has 2 heterocycles. The van der Waals surface area contributed by atoms with Crippen molar-refractivity contribution < 1.29 is 9.21 Å². The van der Waals surface area contributed by atoms with Gasteiger partial charge in [0.25, 0.3) is 5.91 Å². The Morgan fingerprint density at radius 1 is 1.35 bits per heavy atom. The molecule has 1 amide bonds. The van der Waals surface area contributed by atoms with E-state index in [9.17, 15) is 9.59 Å². The van der Waals surface area contributed by atoms with Crippen LogP contribution in [0.25, 0.3) is 11.1 Å². The molecule has 7 heteroatoms. The van der Waals surface area contributed by atoms with Crippen molar-refractivity contribution in [2.45, 2.75) is 6.54 Å². The quantitative estimate of drug-likeness (QED) is 0.432. The number of nitrogens with zero attached hydrogens (tertiary/aromatic N) is 1. The van der Waals surface area contributed by atoms with Crippen LogP contribution in [0.15, 0.2) is 44.9 Å². The predicted molar refractivity (Wildman–Crippen MR) is 75.5 cm³/mol. The third kappa shape index (κ3) is 2.02. The first-order valence-electron chi connectivity index (χ1n) is 5.86. The zero-order valence-corrected chi connectivity index (χ0v) is 11.1. The van der Waals surface area contributed by atoms with Crippen molar-refractivity contribution in [1.82, 2.24) is 9.99 Å². The van der Waals surface area contributed by atoms with Crippen molar-refractivity contribution in [2.24, 2.45) is 5.84 Å². The van der Waals surface area contributed by atoms with Crippen LogP contribution in [0.5, 0.6) is 0 Å². The Labute approximate surface area is 117 Å². The van der Waals surface area contributed by atoms with Gasteiger partial charge in [0.15, 0.2) is 5.58 Å². The molecule has 0 saturated carbocycles. The molecular weight excluding hydrogens is 278 g/mol. The van der Waals surface area contributed by atoms with Gasteiger partial charge in [0.1, 0.15) is 0 Å². The maximum absolute atomic E-state index is 11.9. The molecule has 0 unspecified atom stereocenters. The average molecular weight is 289 g/mol. The SMILES string of the molecule is NNC(=O)c1sccc1Cn1c(=O)oc2ccccc21. The normalized spacial score (nSPS) is 10.8. The summed E-state index contributed by atoms with van der Waals surface area (Å²) in [6.07, 6.45) is 0. The Morgan fingerprint density at radius 3 is 2.95 bits per heavy atom. The highest BCUT2D eigenvalue weighted by Gasteiger charge is 2.15. The number of amides is 1. The van der Waals surface area contributed by atoms with Gasteiger partial charge in [0, 0.05) is 0 Å². The lowest BCUT2D eigenvalue weighted by Gasteiger charge is -2.03. The number of fused-ring (bicyclic) bond motifs is 1. The molecule has 0 fully saturated rings. The van der Waals surface area contributed by atoms with Crippen molar-refractivity contribution in [3.05, 3.63) is 56.7 Å². The predicted octanol–water partition coefficient (Wildman–Crippen LogP) is 1.31. The summed E-state index contributed by atoms with van der Waals surface area (Å²) in [5, 5.41) is 1.78. The van der Waals surface area contributed by atoms with Gasteiger partial charge in [-0.1, -0.05) is 12.1 Å². The maximum Gasteiger partial charge on any atom is 0.420 e. The van der Waals surface area contributed by atoms with E-state index >= 15 is 0 Å². The molecule has 0 aliphatic heterocycles. The lowest BCUT2D eigenvalue weighted by molar-refractivity contribution is 0.0956. The zero-order valence-electron chi connectivity index (χ0n) is 10.3. The first-order valence-corrected chi connectivity index (χ1v) is 6.74. The largest absolute Gasteiger partial charge is 0.420 e. The lowest BCUT2D eigenvalue weighted by Crippen LogP contribution is -2.30. The van der Waals surface area contributed by atoms with E-state index in [4.69, 9.17) is 10.3 Å². The number of carbonyl (C=O) groups excluding carboxylic acids is 1. The molecule has 102 valence electrons. The van der Waals surface area contributed by atoms with Crippen molar-refractivity contribution in [3.8, 4) is 0 Å². The molecule has 0 aliphatic rings. The second-order valence-electron chi connectivity index (χ2n) is 4.17. The molecule has 3 rings (SSSR count). The summed E-state index contributed by atoms with van der Waals surface area (Å²) < 4.78 is 6.65. The second kappa shape index (κ2) is 4.95. The summed E-state index contributed by atoms with van der Waals surface area (Å²) in [7, 11) is 0. The van der Waals surface area contributed by atoms with Gasteiger partial charge in [-0.15, -0.1) is 11.3 Å². The minimum Gasteiger partial charge on any atom is -0.408 e. The van der Waals surface area contributed by atoms with Crippen molar-refractivity contribution >= 4 is 28.3 Å². The fraction of sp³-hybridized carbons (Fsp3) is 0.0769. The number of aromatic nitrogens is 1. The third-order valence-corrected chi connectivity index (χ3v) is 3.94. The van der Waals surface area contributed by atoms with E-state index in [-0.39, 0.29) is 12.5 Å². The van der Waals surface area contributed by atoms with Crippen LogP contribution in [-0.4, -0.2) is 10.5 Å². The Bertz CT molecular complexity index is 831. The number of rotatable bonds is 3. The Kier molecular flexibility index (Phi) is 3.13. The number of nitrogen functional groups attached to an aromatic ring is 1. The first kappa shape index (κ1) is 12.6. The molecule has 3 N–H and O–H groups in total. The molecule has 6 nitrogen and oxygen atoms in total. The van der Waals surface area contributed by atoms with E-state index in [0.717, 1.165) is 5.56 Å². The number of hydrogen-bond acceptors (Lipinski definition) is 5. The van der Waals surface area contributed by atoms with Gasteiger partial charge in [0.05, 0.1) is 16.9 Å². The molecule has 0 spiro atoms. The molecule has 1 aromatic carbocycles. The molecule has 0 bridgehead atoms. The van der Waals surface area contributed by atoms with Gasteiger partial charge in [0.2, 0.25) is 0 Å². The molecular formula is C13H11N3O3S. The van der Waals surface area contributed by atoms with E-state index in [1.54, 1.807) is 29.6 Å². The molecule has 2 aromatic heterocycles.